The fourth-order valence-corrected chi connectivity index (χ4v) is 2.69. The van der Waals surface area contributed by atoms with Crippen LogP contribution in [-0.2, 0) is 4.79 Å². The first-order chi connectivity index (χ1) is 8.66. The lowest BCUT2D eigenvalue weighted by molar-refractivity contribution is -0.131. The molecule has 1 aromatic carbocycles. The first-order valence-electron chi connectivity index (χ1n) is 6.71. The Labute approximate surface area is 120 Å². The zero-order valence-electron chi connectivity index (χ0n) is 11.3. The minimum atomic E-state index is -0.292. The highest BCUT2D eigenvalue weighted by atomic mass is 35.5. The van der Waals surface area contributed by atoms with Crippen molar-refractivity contribution in [1.29, 1.82) is 0 Å². The number of carbonyl (C=O) groups excluding carboxylic acids is 1. The molecule has 0 amide bonds. The van der Waals surface area contributed by atoms with Crippen molar-refractivity contribution in [3.8, 4) is 5.75 Å². The van der Waals surface area contributed by atoms with Crippen molar-refractivity contribution in [3.05, 3.63) is 29.8 Å². The Bertz CT molecular complexity index is 399. The maximum absolute atomic E-state index is 10.8. The first-order valence-corrected chi connectivity index (χ1v) is 6.71. The Morgan fingerprint density at radius 1 is 1.21 bits per heavy atom. The molecule has 1 aliphatic rings. The molecule has 0 radical (unpaired) electrons. The summed E-state index contributed by atoms with van der Waals surface area (Å²) in [7, 11) is 0. The highest BCUT2D eigenvalue weighted by molar-refractivity contribution is 5.85. The van der Waals surface area contributed by atoms with E-state index >= 15 is 0 Å². The monoisotopic (exact) mass is 283 g/mol. The minimum Gasteiger partial charge on any atom is -0.427 e. The largest absolute Gasteiger partial charge is 0.427 e. The number of esters is 1. The van der Waals surface area contributed by atoms with E-state index in [1.807, 2.05) is 24.3 Å². The molecule has 2 N–H and O–H groups in total. The van der Waals surface area contributed by atoms with Gasteiger partial charge in [-0.15, -0.1) is 12.4 Å². The number of benzene rings is 1. The molecule has 0 aromatic heterocycles. The van der Waals surface area contributed by atoms with Gasteiger partial charge in [0.05, 0.1) is 0 Å². The van der Waals surface area contributed by atoms with Crippen molar-refractivity contribution in [2.45, 2.75) is 45.1 Å². The van der Waals surface area contributed by atoms with Gasteiger partial charge >= 0.3 is 5.97 Å². The van der Waals surface area contributed by atoms with Crippen LogP contribution in [0.25, 0.3) is 0 Å². The van der Waals surface area contributed by atoms with Gasteiger partial charge in [0.15, 0.2) is 0 Å². The zero-order valence-corrected chi connectivity index (χ0v) is 12.1. The van der Waals surface area contributed by atoms with Crippen molar-refractivity contribution in [2.75, 3.05) is 0 Å². The normalized spacial score (nSPS) is 17.4. The van der Waals surface area contributed by atoms with Gasteiger partial charge in [0, 0.05) is 13.0 Å². The van der Waals surface area contributed by atoms with Crippen LogP contribution in [0.15, 0.2) is 24.3 Å². The summed E-state index contributed by atoms with van der Waals surface area (Å²) >= 11 is 0. The second-order valence-electron chi connectivity index (χ2n) is 5.09. The molecule has 2 rings (SSSR count). The molecule has 106 valence electrons. The average Bonchev–Trinajstić information content (AvgIpc) is 2.39. The van der Waals surface area contributed by atoms with Gasteiger partial charge in [-0.25, -0.2) is 0 Å². The summed E-state index contributed by atoms with van der Waals surface area (Å²) in [5.74, 6) is 0.889. The first kappa shape index (κ1) is 16.0. The summed E-state index contributed by atoms with van der Waals surface area (Å²) in [5.41, 5.74) is 7.45. The van der Waals surface area contributed by atoms with E-state index in [4.69, 9.17) is 10.5 Å². The molecule has 1 aromatic rings. The summed E-state index contributed by atoms with van der Waals surface area (Å²) in [4.78, 5) is 10.8. The fourth-order valence-electron chi connectivity index (χ4n) is 2.69. The average molecular weight is 284 g/mol. The van der Waals surface area contributed by atoms with Gasteiger partial charge in [-0.3, -0.25) is 4.79 Å². The molecule has 0 aliphatic heterocycles. The second-order valence-corrected chi connectivity index (χ2v) is 5.09. The van der Waals surface area contributed by atoms with Gasteiger partial charge in [-0.2, -0.15) is 0 Å². The van der Waals surface area contributed by atoms with Crippen LogP contribution >= 0.6 is 12.4 Å². The summed E-state index contributed by atoms with van der Waals surface area (Å²) in [6.45, 7) is 1.40. The molecule has 0 saturated heterocycles. The lowest BCUT2D eigenvalue weighted by Gasteiger charge is -2.27. The predicted octanol–water partition coefficient (Wildman–Crippen LogP) is 3.61. The Hall–Kier alpha value is -1.06. The van der Waals surface area contributed by atoms with E-state index < -0.39 is 0 Å². The molecule has 0 heterocycles. The molecule has 0 spiro atoms. The third-order valence-corrected chi connectivity index (χ3v) is 3.68. The van der Waals surface area contributed by atoms with E-state index in [0.29, 0.717) is 11.7 Å². The van der Waals surface area contributed by atoms with Crippen molar-refractivity contribution in [1.82, 2.24) is 0 Å². The van der Waals surface area contributed by atoms with Crippen LogP contribution in [0.3, 0.4) is 0 Å². The molecule has 0 unspecified atom stereocenters. The van der Waals surface area contributed by atoms with Gasteiger partial charge in [-0.05, 0) is 36.5 Å². The summed E-state index contributed by atoms with van der Waals surface area (Å²) in [6, 6.07) is 7.69. The lowest BCUT2D eigenvalue weighted by Crippen LogP contribution is -2.23. The molecule has 4 heteroatoms. The summed E-state index contributed by atoms with van der Waals surface area (Å²) < 4.78 is 5.01. The van der Waals surface area contributed by atoms with Crippen LogP contribution in [0, 0.1) is 5.92 Å². The van der Waals surface area contributed by atoms with E-state index in [9.17, 15) is 4.79 Å². The van der Waals surface area contributed by atoms with E-state index in [1.165, 1.54) is 39.0 Å². The summed E-state index contributed by atoms with van der Waals surface area (Å²) in [6.07, 6.45) is 6.39. The molecule has 0 bridgehead atoms. The van der Waals surface area contributed by atoms with Crippen LogP contribution in [-0.4, -0.2) is 5.97 Å². The Balaban J connectivity index is 0.00000180. The van der Waals surface area contributed by atoms with Gasteiger partial charge in [0.2, 0.25) is 0 Å². The molecular formula is C15H22ClNO2. The minimum absolute atomic E-state index is 0. The third kappa shape index (κ3) is 4.51. The fraction of sp³-hybridized carbons (Fsp3) is 0.533. The third-order valence-electron chi connectivity index (χ3n) is 3.68. The van der Waals surface area contributed by atoms with Crippen LogP contribution in [0.5, 0.6) is 5.75 Å². The summed E-state index contributed by atoms with van der Waals surface area (Å²) in [5, 5.41) is 0. The van der Waals surface area contributed by atoms with Gasteiger partial charge in [0.25, 0.3) is 0 Å². The number of carbonyl (C=O) groups is 1. The molecule has 1 aliphatic carbocycles. The number of halogens is 1. The van der Waals surface area contributed by atoms with E-state index in [2.05, 4.69) is 0 Å². The number of rotatable bonds is 3. The lowest BCUT2D eigenvalue weighted by atomic mass is 9.81. The van der Waals surface area contributed by atoms with E-state index in [-0.39, 0.29) is 24.4 Å². The van der Waals surface area contributed by atoms with E-state index in [1.54, 1.807) is 0 Å². The standard InChI is InChI=1S/C15H21NO2.ClH/c1-11(17)18-14-9-7-13(8-10-14)15(16)12-5-3-2-4-6-12;/h7-10,12,15H,2-6,16H2,1H3;1H/t15-;/m0./s1. The smallest absolute Gasteiger partial charge is 0.308 e. The maximum Gasteiger partial charge on any atom is 0.308 e. The number of hydrogen-bond donors (Lipinski definition) is 1. The number of ether oxygens (including phenoxy) is 1. The van der Waals surface area contributed by atoms with Crippen molar-refractivity contribution >= 4 is 18.4 Å². The topological polar surface area (TPSA) is 52.3 Å². The van der Waals surface area contributed by atoms with Crippen LogP contribution < -0.4 is 10.5 Å². The van der Waals surface area contributed by atoms with E-state index in [0.717, 1.165) is 5.56 Å². The van der Waals surface area contributed by atoms with Crippen molar-refractivity contribution in [2.24, 2.45) is 11.7 Å². The molecule has 1 fully saturated rings. The highest BCUT2D eigenvalue weighted by Crippen LogP contribution is 2.33. The van der Waals surface area contributed by atoms with Crippen LogP contribution in [0.4, 0.5) is 0 Å². The van der Waals surface area contributed by atoms with Crippen LogP contribution in [0.1, 0.15) is 50.6 Å². The quantitative estimate of drug-likeness (QED) is 0.681. The van der Waals surface area contributed by atoms with Crippen LogP contribution in [0.2, 0.25) is 0 Å². The van der Waals surface area contributed by atoms with Crippen molar-refractivity contribution < 1.29 is 9.53 Å². The number of nitrogens with two attached hydrogens (primary N) is 1. The molecular weight excluding hydrogens is 262 g/mol. The second kappa shape index (κ2) is 7.51. The van der Waals surface area contributed by atoms with Gasteiger partial charge in [0.1, 0.15) is 5.75 Å². The molecule has 3 nitrogen and oxygen atoms in total. The maximum atomic E-state index is 10.8. The Kier molecular flexibility index (Phi) is 6.32. The number of hydrogen-bond acceptors (Lipinski definition) is 3. The SMILES string of the molecule is CC(=O)Oc1ccc([C@@H](N)C2CCCCC2)cc1.Cl. The molecule has 19 heavy (non-hydrogen) atoms. The van der Waals surface area contributed by atoms with Crippen molar-refractivity contribution in [3.63, 3.8) is 0 Å². The molecule has 1 saturated carbocycles. The predicted molar refractivity (Wildman–Crippen MR) is 78.5 cm³/mol. The Morgan fingerprint density at radius 3 is 2.32 bits per heavy atom. The molecule has 1 atom stereocenters. The Morgan fingerprint density at radius 2 is 1.79 bits per heavy atom. The van der Waals surface area contributed by atoms with Gasteiger partial charge < -0.3 is 10.5 Å². The van der Waals surface area contributed by atoms with Gasteiger partial charge in [-0.1, -0.05) is 31.4 Å². The zero-order chi connectivity index (χ0) is 13.0. The highest BCUT2D eigenvalue weighted by Gasteiger charge is 2.21.